The monoisotopic (exact) mass is 170 g/mol. The molecule has 4 heteroatoms. The van der Waals surface area contributed by atoms with E-state index in [1.807, 2.05) is 0 Å². The number of carboxylic acids is 2. The summed E-state index contributed by atoms with van der Waals surface area (Å²) in [4.78, 5) is 20.4. The molecule has 0 radical (unpaired) electrons. The fourth-order valence-corrected chi connectivity index (χ4v) is 0.490. The first-order chi connectivity index (χ1) is 5.45. The van der Waals surface area contributed by atoms with Gasteiger partial charge in [-0.25, -0.2) is 9.59 Å². The number of allylic oxidation sites excluding steroid dienone is 2. The highest BCUT2D eigenvalue weighted by Crippen LogP contribution is 2.04. The van der Waals surface area contributed by atoms with Gasteiger partial charge in [-0.05, 0) is 19.4 Å². The minimum absolute atomic E-state index is 0.146. The minimum Gasteiger partial charge on any atom is -0.478 e. The van der Waals surface area contributed by atoms with Gasteiger partial charge in [-0.15, -0.1) is 0 Å². The van der Waals surface area contributed by atoms with E-state index >= 15 is 0 Å². The van der Waals surface area contributed by atoms with E-state index in [2.05, 4.69) is 0 Å². The lowest BCUT2D eigenvalue weighted by molar-refractivity contribution is -0.133. The summed E-state index contributed by atoms with van der Waals surface area (Å²) in [5.41, 5.74) is 0.581. The molecule has 0 aromatic rings. The zero-order chi connectivity index (χ0) is 9.72. The molecule has 0 spiro atoms. The Morgan fingerprint density at radius 2 is 1.58 bits per heavy atom. The van der Waals surface area contributed by atoms with Crippen molar-refractivity contribution in [3.8, 4) is 0 Å². The molecule has 4 nitrogen and oxygen atoms in total. The first-order valence-corrected chi connectivity index (χ1v) is 3.27. The third kappa shape index (κ3) is 3.55. The zero-order valence-corrected chi connectivity index (χ0v) is 6.87. The lowest BCUT2D eigenvalue weighted by Gasteiger charge is -1.95. The highest BCUT2D eigenvalue weighted by molar-refractivity contribution is 5.88. The second-order valence-electron chi connectivity index (χ2n) is 2.28. The zero-order valence-electron chi connectivity index (χ0n) is 6.87. The molecule has 0 heterocycles. The van der Waals surface area contributed by atoms with Crippen LogP contribution in [0.25, 0.3) is 0 Å². The Hall–Kier alpha value is -1.58. The standard InChI is InChI=1S/C8H10O4/c1-5(3-4-7(9)10)6(2)8(11)12/h3-4H,1-2H3,(H,9,10)(H,11,12)/b4-3?,6-5-. The first kappa shape index (κ1) is 10.4. The van der Waals surface area contributed by atoms with Crippen LogP contribution in [0.5, 0.6) is 0 Å². The summed E-state index contributed by atoms with van der Waals surface area (Å²) in [6.07, 6.45) is 2.16. The van der Waals surface area contributed by atoms with E-state index in [0.717, 1.165) is 6.08 Å². The van der Waals surface area contributed by atoms with Gasteiger partial charge in [0, 0.05) is 11.6 Å². The molecule has 0 atom stereocenters. The van der Waals surface area contributed by atoms with Crippen LogP contribution in [0.2, 0.25) is 0 Å². The molecule has 0 aromatic heterocycles. The van der Waals surface area contributed by atoms with Crippen molar-refractivity contribution in [2.45, 2.75) is 13.8 Å². The van der Waals surface area contributed by atoms with Gasteiger partial charge in [-0.3, -0.25) is 0 Å². The van der Waals surface area contributed by atoms with Gasteiger partial charge in [-0.1, -0.05) is 6.08 Å². The SMILES string of the molecule is C/C(C=CC(=O)O)=C(\C)C(=O)O. The van der Waals surface area contributed by atoms with Gasteiger partial charge in [0.15, 0.2) is 0 Å². The van der Waals surface area contributed by atoms with Crippen LogP contribution >= 0.6 is 0 Å². The molecule has 0 aliphatic heterocycles. The number of carbonyl (C=O) groups is 2. The van der Waals surface area contributed by atoms with Crippen LogP contribution in [0.1, 0.15) is 13.8 Å². The van der Waals surface area contributed by atoms with Crippen LogP contribution < -0.4 is 0 Å². The van der Waals surface area contributed by atoms with Crippen LogP contribution in [-0.2, 0) is 9.59 Å². The Balaban J connectivity index is 4.58. The Kier molecular flexibility index (Phi) is 3.76. The van der Waals surface area contributed by atoms with Gasteiger partial charge in [0.05, 0.1) is 0 Å². The van der Waals surface area contributed by atoms with Crippen LogP contribution in [0.15, 0.2) is 23.3 Å². The molecule has 0 aliphatic rings. The molecule has 12 heavy (non-hydrogen) atoms. The molecule has 0 bridgehead atoms. The number of aliphatic carboxylic acids is 2. The number of rotatable bonds is 3. The fourth-order valence-electron chi connectivity index (χ4n) is 0.490. The summed E-state index contributed by atoms with van der Waals surface area (Å²) in [6, 6.07) is 0. The van der Waals surface area contributed by atoms with Gasteiger partial charge in [0.2, 0.25) is 0 Å². The fraction of sp³-hybridized carbons (Fsp3) is 0.250. The summed E-state index contributed by atoms with van der Waals surface area (Å²) >= 11 is 0. The van der Waals surface area contributed by atoms with Crippen molar-refractivity contribution in [1.29, 1.82) is 0 Å². The van der Waals surface area contributed by atoms with Crippen LogP contribution in [0.3, 0.4) is 0 Å². The minimum atomic E-state index is -1.09. The van der Waals surface area contributed by atoms with Crippen molar-refractivity contribution in [3.05, 3.63) is 23.3 Å². The van der Waals surface area contributed by atoms with Gasteiger partial charge in [0.25, 0.3) is 0 Å². The maximum absolute atomic E-state index is 10.3. The molecule has 66 valence electrons. The van der Waals surface area contributed by atoms with E-state index in [1.54, 1.807) is 6.92 Å². The topological polar surface area (TPSA) is 74.6 Å². The normalized spacial score (nSPS) is 12.8. The van der Waals surface area contributed by atoms with Gasteiger partial charge in [-0.2, -0.15) is 0 Å². The number of carboxylic acid groups (broad SMARTS) is 2. The highest BCUT2D eigenvalue weighted by Gasteiger charge is 2.02. The Morgan fingerprint density at radius 1 is 1.08 bits per heavy atom. The molecule has 0 unspecified atom stereocenters. The highest BCUT2D eigenvalue weighted by atomic mass is 16.4. The molecular weight excluding hydrogens is 160 g/mol. The summed E-state index contributed by atoms with van der Waals surface area (Å²) < 4.78 is 0. The second-order valence-corrected chi connectivity index (χ2v) is 2.28. The van der Waals surface area contributed by atoms with Crippen LogP contribution in [0.4, 0.5) is 0 Å². The number of hydrogen-bond acceptors (Lipinski definition) is 2. The van der Waals surface area contributed by atoms with E-state index in [0.29, 0.717) is 5.57 Å². The van der Waals surface area contributed by atoms with E-state index < -0.39 is 11.9 Å². The van der Waals surface area contributed by atoms with Crippen molar-refractivity contribution in [2.24, 2.45) is 0 Å². The third-order valence-corrected chi connectivity index (χ3v) is 1.39. The van der Waals surface area contributed by atoms with Crippen LogP contribution in [0, 0.1) is 0 Å². The summed E-state index contributed by atoms with van der Waals surface area (Å²) in [5.74, 6) is -2.13. The van der Waals surface area contributed by atoms with Crippen molar-refractivity contribution >= 4 is 11.9 Å². The lowest BCUT2D eigenvalue weighted by atomic mass is 10.1. The van der Waals surface area contributed by atoms with Crippen molar-refractivity contribution in [1.82, 2.24) is 0 Å². The van der Waals surface area contributed by atoms with Crippen molar-refractivity contribution in [2.75, 3.05) is 0 Å². The third-order valence-electron chi connectivity index (χ3n) is 1.39. The molecule has 0 aliphatic carbocycles. The molecule has 0 amide bonds. The van der Waals surface area contributed by atoms with E-state index in [1.165, 1.54) is 13.0 Å². The molecule has 0 fully saturated rings. The summed E-state index contributed by atoms with van der Waals surface area (Å²) in [7, 11) is 0. The maximum Gasteiger partial charge on any atom is 0.331 e. The van der Waals surface area contributed by atoms with E-state index in [4.69, 9.17) is 10.2 Å². The Bertz CT molecular complexity index is 260. The predicted octanol–water partition coefficient (Wildman–Crippen LogP) is 1.05. The van der Waals surface area contributed by atoms with Crippen molar-refractivity contribution in [3.63, 3.8) is 0 Å². The first-order valence-electron chi connectivity index (χ1n) is 3.27. The van der Waals surface area contributed by atoms with E-state index in [-0.39, 0.29) is 5.57 Å². The molecule has 0 rings (SSSR count). The molecule has 0 saturated heterocycles. The molecule has 0 aromatic carbocycles. The summed E-state index contributed by atoms with van der Waals surface area (Å²) in [5, 5.41) is 16.7. The van der Waals surface area contributed by atoms with Gasteiger partial charge >= 0.3 is 11.9 Å². The predicted molar refractivity (Wildman–Crippen MR) is 42.8 cm³/mol. The summed E-state index contributed by atoms with van der Waals surface area (Å²) in [6.45, 7) is 2.97. The van der Waals surface area contributed by atoms with Gasteiger partial charge in [0.1, 0.15) is 0 Å². The average Bonchev–Trinajstić information content (AvgIpc) is 1.98. The lowest BCUT2D eigenvalue weighted by Crippen LogP contribution is -1.98. The maximum atomic E-state index is 10.3. The Labute approximate surface area is 69.8 Å². The smallest absolute Gasteiger partial charge is 0.331 e. The van der Waals surface area contributed by atoms with E-state index in [9.17, 15) is 9.59 Å². The second kappa shape index (κ2) is 4.33. The average molecular weight is 170 g/mol. The van der Waals surface area contributed by atoms with Crippen molar-refractivity contribution < 1.29 is 19.8 Å². The molecule has 2 N–H and O–H groups in total. The van der Waals surface area contributed by atoms with Crippen LogP contribution in [-0.4, -0.2) is 22.2 Å². The largest absolute Gasteiger partial charge is 0.478 e. The Morgan fingerprint density at radius 3 is 1.92 bits per heavy atom. The molecule has 0 saturated carbocycles. The van der Waals surface area contributed by atoms with Gasteiger partial charge < -0.3 is 10.2 Å². The number of hydrogen-bond donors (Lipinski definition) is 2. The quantitative estimate of drug-likeness (QED) is 0.490. The molecular formula is C8H10O4.